The van der Waals surface area contributed by atoms with Crippen molar-refractivity contribution in [3.05, 3.63) is 30.1 Å². The van der Waals surface area contributed by atoms with Gasteiger partial charge in [0.25, 0.3) is 0 Å². The highest BCUT2D eigenvalue weighted by atomic mass is 79.9. The van der Waals surface area contributed by atoms with Gasteiger partial charge in [-0.3, -0.25) is 15.2 Å². The van der Waals surface area contributed by atoms with Crippen molar-refractivity contribution in [2.75, 3.05) is 6.54 Å². The molecule has 0 saturated carbocycles. The molecule has 3 atom stereocenters. The lowest BCUT2D eigenvalue weighted by molar-refractivity contribution is -0.123. The third-order valence-corrected chi connectivity index (χ3v) is 4.02. The lowest BCUT2D eigenvalue weighted by Crippen LogP contribution is -2.48. The molecule has 1 aromatic rings. The van der Waals surface area contributed by atoms with E-state index in [1.165, 1.54) is 0 Å². The summed E-state index contributed by atoms with van der Waals surface area (Å²) in [4.78, 5) is 16.7. The average molecular weight is 327 g/mol. The van der Waals surface area contributed by atoms with Crippen LogP contribution in [0.3, 0.4) is 0 Å². The molecule has 2 rings (SSSR count). The molecule has 0 aliphatic carbocycles. The summed E-state index contributed by atoms with van der Waals surface area (Å²) in [5.74, 6) is 0.262. The second kappa shape index (κ2) is 6.45. The summed E-state index contributed by atoms with van der Waals surface area (Å²) >= 11 is 3.49. The van der Waals surface area contributed by atoms with E-state index in [9.17, 15) is 4.79 Å². The first-order valence-corrected chi connectivity index (χ1v) is 7.35. The minimum absolute atomic E-state index is 0.0174. The van der Waals surface area contributed by atoms with Crippen LogP contribution in [0.1, 0.15) is 25.6 Å². The maximum Gasteiger partial charge on any atom is 0.240 e. The number of pyridine rings is 1. The molecule has 1 aliphatic heterocycles. The third kappa shape index (κ3) is 3.52. The number of alkyl halides is 1. The standard InChI is InChI=1S/C13H19BrN4O/c1-8(2)11(10-5-3-4-6-15-10)17-13(19)12-9(14)7-16-18-12/h3-6,8-9,11-12,16,18H,7H2,1-2H3,(H,17,19). The second-order valence-electron chi connectivity index (χ2n) is 5.00. The van der Waals surface area contributed by atoms with Crippen LogP contribution in [0.15, 0.2) is 24.4 Å². The Labute approximate surface area is 121 Å². The lowest BCUT2D eigenvalue weighted by atomic mass is 9.99. The number of hydrogen-bond acceptors (Lipinski definition) is 4. The van der Waals surface area contributed by atoms with E-state index in [2.05, 4.69) is 50.9 Å². The van der Waals surface area contributed by atoms with Crippen LogP contribution in [-0.2, 0) is 4.79 Å². The fourth-order valence-corrected chi connectivity index (χ4v) is 2.62. The molecule has 3 N–H and O–H groups in total. The number of amides is 1. The molecule has 104 valence electrons. The number of hydrazine groups is 1. The van der Waals surface area contributed by atoms with E-state index in [4.69, 9.17) is 0 Å². The number of aromatic nitrogens is 1. The van der Waals surface area contributed by atoms with Crippen LogP contribution >= 0.6 is 15.9 Å². The van der Waals surface area contributed by atoms with Crippen LogP contribution in [0, 0.1) is 5.92 Å². The summed E-state index contributed by atoms with van der Waals surface area (Å²) in [6.07, 6.45) is 1.75. The van der Waals surface area contributed by atoms with Crippen molar-refractivity contribution in [2.24, 2.45) is 5.92 Å². The zero-order chi connectivity index (χ0) is 13.8. The fourth-order valence-electron chi connectivity index (χ4n) is 2.09. The van der Waals surface area contributed by atoms with Gasteiger partial charge in [-0.1, -0.05) is 35.8 Å². The van der Waals surface area contributed by atoms with E-state index >= 15 is 0 Å². The Morgan fingerprint density at radius 2 is 2.32 bits per heavy atom. The monoisotopic (exact) mass is 326 g/mol. The number of carbonyl (C=O) groups excluding carboxylic acids is 1. The van der Waals surface area contributed by atoms with Crippen molar-refractivity contribution in [1.82, 2.24) is 21.2 Å². The molecule has 1 fully saturated rings. The number of rotatable bonds is 4. The summed E-state index contributed by atoms with van der Waals surface area (Å²) in [7, 11) is 0. The maximum absolute atomic E-state index is 12.3. The van der Waals surface area contributed by atoms with Crippen molar-refractivity contribution in [1.29, 1.82) is 0 Å². The van der Waals surface area contributed by atoms with Crippen molar-refractivity contribution in [3.8, 4) is 0 Å². The summed E-state index contributed by atoms with van der Waals surface area (Å²) in [6.45, 7) is 4.88. The Morgan fingerprint density at radius 1 is 1.53 bits per heavy atom. The van der Waals surface area contributed by atoms with Gasteiger partial charge >= 0.3 is 0 Å². The molecule has 0 spiro atoms. The maximum atomic E-state index is 12.3. The largest absolute Gasteiger partial charge is 0.346 e. The van der Waals surface area contributed by atoms with Crippen LogP contribution < -0.4 is 16.2 Å². The Hall–Kier alpha value is -0.980. The molecule has 1 saturated heterocycles. The lowest BCUT2D eigenvalue weighted by Gasteiger charge is -2.24. The predicted molar refractivity (Wildman–Crippen MR) is 77.6 cm³/mol. The van der Waals surface area contributed by atoms with Crippen LogP contribution in [0.4, 0.5) is 0 Å². The van der Waals surface area contributed by atoms with Crippen molar-refractivity contribution >= 4 is 21.8 Å². The van der Waals surface area contributed by atoms with Gasteiger partial charge in [0.15, 0.2) is 0 Å². The molecule has 19 heavy (non-hydrogen) atoms. The highest BCUT2D eigenvalue weighted by Gasteiger charge is 2.32. The minimum atomic E-state index is -0.259. The summed E-state index contributed by atoms with van der Waals surface area (Å²) in [6, 6.07) is 5.42. The van der Waals surface area contributed by atoms with E-state index in [0.717, 1.165) is 12.2 Å². The zero-order valence-electron chi connectivity index (χ0n) is 11.1. The minimum Gasteiger partial charge on any atom is -0.346 e. The molecule has 1 aliphatic rings. The summed E-state index contributed by atoms with van der Waals surface area (Å²) < 4.78 is 0. The van der Waals surface area contributed by atoms with E-state index < -0.39 is 0 Å². The van der Waals surface area contributed by atoms with Crippen LogP contribution in [0.2, 0.25) is 0 Å². The van der Waals surface area contributed by atoms with Crippen molar-refractivity contribution < 1.29 is 4.79 Å². The molecule has 0 radical (unpaired) electrons. The van der Waals surface area contributed by atoms with Crippen LogP contribution in [0.25, 0.3) is 0 Å². The number of halogens is 1. The van der Waals surface area contributed by atoms with E-state index in [-0.39, 0.29) is 28.7 Å². The number of nitrogens with one attached hydrogen (secondary N) is 3. The van der Waals surface area contributed by atoms with Gasteiger partial charge in [-0.15, -0.1) is 0 Å². The SMILES string of the molecule is CC(C)C(NC(=O)C1NNCC1Br)c1ccccn1. The van der Waals surface area contributed by atoms with Gasteiger partial charge in [-0.2, -0.15) is 0 Å². The predicted octanol–water partition coefficient (Wildman–Crippen LogP) is 1.13. The highest BCUT2D eigenvalue weighted by Crippen LogP contribution is 2.20. The Balaban J connectivity index is 2.07. The molecule has 0 aromatic carbocycles. The second-order valence-corrected chi connectivity index (χ2v) is 6.18. The van der Waals surface area contributed by atoms with Gasteiger partial charge in [-0.05, 0) is 18.1 Å². The third-order valence-electron chi connectivity index (χ3n) is 3.17. The van der Waals surface area contributed by atoms with E-state index in [0.29, 0.717) is 0 Å². The topological polar surface area (TPSA) is 66.1 Å². The first-order chi connectivity index (χ1) is 9.09. The first kappa shape index (κ1) is 14.4. The molecular formula is C13H19BrN4O. The Kier molecular flexibility index (Phi) is 4.90. The van der Waals surface area contributed by atoms with Gasteiger partial charge in [0.1, 0.15) is 6.04 Å². The average Bonchev–Trinajstić information content (AvgIpc) is 2.82. The first-order valence-electron chi connectivity index (χ1n) is 6.43. The Bertz CT molecular complexity index is 426. The Morgan fingerprint density at radius 3 is 2.84 bits per heavy atom. The summed E-state index contributed by atoms with van der Waals surface area (Å²) in [5.41, 5.74) is 6.84. The molecular weight excluding hydrogens is 308 g/mol. The molecule has 3 unspecified atom stereocenters. The molecule has 6 heteroatoms. The number of nitrogens with zero attached hydrogens (tertiary/aromatic N) is 1. The smallest absolute Gasteiger partial charge is 0.240 e. The zero-order valence-corrected chi connectivity index (χ0v) is 12.6. The molecule has 1 aromatic heterocycles. The van der Waals surface area contributed by atoms with Gasteiger partial charge in [0.2, 0.25) is 5.91 Å². The molecule has 5 nitrogen and oxygen atoms in total. The van der Waals surface area contributed by atoms with Crippen LogP contribution in [-0.4, -0.2) is 28.3 Å². The fraction of sp³-hybridized carbons (Fsp3) is 0.538. The molecule has 0 bridgehead atoms. The van der Waals surface area contributed by atoms with Gasteiger partial charge in [0, 0.05) is 12.7 Å². The number of carbonyl (C=O) groups is 1. The van der Waals surface area contributed by atoms with Crippen LogP contribution in [0.5, 0.6) is 0 Å². The van der Waals surface area contributed by atoms with E-state index in [1.54, 1.807) is 6.20 Å². The highest BCUT2D eigenvalue weighted by molar-refractivity contribution is 9.09. The van der Waals surface area contributed by atoms with Crippen molar-refractivity contribution in [3.63, 3.8) is 0 Å². The van der Waals surface area contributed by atoms with Gasteiger partial charge in [0.05, 0.1) is 16.6 Å². The van der Waals surface area contributed by atoms with E-state index in [1.807, 2.05) is 18.2 Å². The quantitative estimate of drug-likeness (QED) is 0.726. The van der Waals surface area contributed by atoms with Gasteiger partial charge < -0.3 is 5.32 Å². The number of hydrogen-bond donors (Lipinski definition) is 3. The summed E-state index contributed by atoms with van der Waals surface area (Å²) in [5, 5.41) is 3.07. The normalized spacial score (nSPS) is 24.4. The van der Waals surface area contributed by atoms with Gasteiger partial charge in [-0.25, -0.2) is 5.43 Å². The van der Waals surface area contributed by atoms with Crippen molar-refractivity contribution in [2.45, 2.75) is 30.8 Å². The molecule has 2 heterocycles. The molecule has 1 amide bonds.